The van der Waals surface area contributed by atoms with E-state index in [0.717, 1.165) is 17.8 Å². The normalized spacial score (nSPS) is 40.2. The summed E-state index contributed by atoms with van der Waals surface area (Å²) in [7, 11) is 0. The van der Waals surface area contributed by atoms with Crippen LogP contribution in [0, 0.1) is 17.8 Å². The highest BCUT2D eigenvalue weighted by Gasteiger charge is 2.25. The minimum atomic E-state index is 0.309. The Kier molecular flexibility index (Phi) is 8.45. The molecule has 0 saturated heterocycles. The van der Waals surface area contributed by atoms with Gasteiger partial charge in [0.05, 0.1) is 0 Å². The predicted molar refractivity (Wildman–Crippen MR) is 127 cm³/mol. The van der Waals surface area contributed by atoms with Crippen LogP contribution >= 0.6 is 0 Å². The van der Waals surface area contributed by atoms with Gasteiger partial charge in [-0.25, -0.2) is 0 Å². The van der Waals surface area contributed by atoms with Crippen molar-refractivity contribution < 1.29 is 0 Å². The minimum absolute atomic E-state index is 0.309. The van der Waals surface area contributed by atoms with Gasteiger partial charge in [-0.1, -0.05) is 23.8 Å². The second kappa shape index (κ2) is 11.3. The molecule has 2 saturated carbocycles. The maximum absolute atomic E-state index is 6.06. The average molecular weight is 415 g/mol. The van der Waals surface area contributed by atoms with E-state index in [0.29, 0.717) is 24.2 Å². The van der Waals surface area contributed by atoms with Gasteiger partial charge in [0.2, 0.25) is 0 Å². The summed E-state index contributed by atoms with van der Waals surface area (Å²) in [5.74, 6) is 2.60. The number of rotatable bonds is 7. The largest absolute Gasteiger partial charge is 0.328 e. The van der Waals surface area contributed by atoms with Crippen molar-refractivity contribution >= 4 is 0 Å². The van der Waals surface area contributed by atoms with Crippen LogP contribution < -0.4 is 22.3 Å². The Hall–Kier alpha value is -0.680. The fraction of sp³-hybridized carbons (Fsp3) is 0.846. The molecule has 0 aliphatic heterocycles. The number of nitrogens with two attached hydrogens (primary N) is 2. The zero-order chi connectivity index (χ0) is 20.8. The van der Waals surface area contributed by atoms with Crippen molar-refractivity contribution in [3.8, 4) is 0 Å². The van der Waals surface area contributed by atoms with E-state index in [4.69, 9.17) is 11.5 Å². The molecule has 4 nitrogen and oxygen atoms in total. The van der Waals surface area contributed by atoms with E-state index < -0.39 is 0 Å². The van der Waals surface area contributed by atoms with Crippen LogP contribution in [-0.4, -0.2) is 24.2 Å². The Bertz CT molecular complexity index is 570. The van der Waals surface area contributed by atoms with Crippen molar-refractivity contribution in [3.05, 3.63) is 23.8 Å². The summed E-state index contributed by atoms with van der Waals surface area (Å²) in [6, 6.07) is 2.06. The molecular weight excluding hydrogens is 368 g/mol. The van der Waals surface area contributed by atoms with Gasteiger partial charge in [0.15, 0.2) is 0 Å². The summed E-state index contributed by atoms with van der Waals surface area (Å²) in [5.41, 5.74) is 21.1. The van der Waals surface area contributed by atoms with Crippen LogP contribution in [0.2, 0.25) is 0 Å². The molecule has 2 fully saturated rings. The third kappa shape index (κ3) is 6.91. The van der Waals surface area contributed by atoms with Gasteiger partial charge in [0.25, 0.3) is 0 Å². The molecular formula is C26H46N4. The Balaban J connectivity index is 1.09. The monoisotopic (exact) mass is 414 g/mol. The number of nitrogens with one attached hydrogen (secondary N) is 2. The molecule has 4 heteroatoms. The zero-order valence-corrected chi connectivity index (χ0v) is 19.0. The predicted octanol–water partition coefficient (Wildman–Crippen LogP) is 4.71. The second-order valence-corrected chi connectivity index (χ2v) is 10.9. The Morgan fingerprint density at radius 2 is 1.47 bits per heavy atom. The van der Waals surface area contributed by atoms with Crippen LogP contribution in [0.15, 0.2) is 23.8 Å². The third-order valence-electron chi connectivity index (χ3n) is 8.42. The van der Waals surface area contributed by atoms with Gasteiger partial charge in [0.1, 0.15) is 0 Å². The van der Waals surface area contributed by atoms with Gasteiger partial charge in [0, 0.05) is 24.2 Å². The van der Waals surface area contributed by atoms with Crippen LogP contribution in [0.1, 0.15) is 96.3 Å². The molecule has 0 aromatic heterocycles. The second-order valence-electron chi connectivity index (χ2n) is 10.9. The van der Waals surface area contributed by atoms with Gasteiger partial charge < -0.3 is 11.5 Å². The number of hydrazine groups is 1. The Morgan fingerprint density at radius 1 is 0.733 bits per heavy atom. The molecule has 0 spiro atoms. The summed E-state index contributed by atoms with van der Waals surface area (Å²) < 4.78 is 0. The topological polar surface area (TPSA) is 76.1 Å². The molecule has 30 heavy (non-hydrogen) atoms. The highest BCUT2D eigenvalue weighted by Crippen LogP contribution is 2.34. The van der Waals surface area contributed by atoms with E-state index in [2.05, 4.69) is 29.1 Å². The van der Waals surface area contributed by atoms with Crippen molar-refractivity contribution in [2.24, 2.45) is 29.2 Å². The van der Waals surface area contributed by atoms with E-state index >= 15 is 0 Å². The van der Waals surface area contributed by atoms with Crippen LogP contribution in [-0.2, 0) is 0 Å². The standard InChI is InChI=1S/C26H46N4/c27-23-9-1-19(2-10-23)17-21-5-13-25(14-6-21)29-30-26-15-7-22(8-16-26)18-20-3-11-24(28)12-4-20/h1,7,9,19-21,23-26,29-30H,2-6,8,10-18,27-28H2. The van der Waals surface area contributed by atoms with Gasteiger partial charge in [-0.3, -0.25) is 10.9 Å². The van der Waals surface area contributed by atoms with Gasteiger partial charge in [-0.15, -0.1) is 0 Å². The molecule has 4 aliphatic carbocycles. The van der Waals surface area contributed by atoms with Crippen molar-refractivity contribution in [3.63, 3.8) is 0 Å². The molecule has 6 N–H and O–H groups in total. The van der Waals surface area contributed by atoms with Crippen molar-refractivity contribution in [2.45, 2.75) is 120 Å². The average Bonchev–Trinajstić information content (AvgIpc) is 2.77. The van der Waals surface area contributed by atoms with E-state index in [-0.39, 0.29) is 0 Å². The molecule has 3 atom stereocenters. The first-order valence-electron chi connectivity index (χ1n) is 13.0. The highest BCUT2D eigenvalue weighted by molar-refractivity contribution is 5.09. The summed E-state index contributed by atoms with van der Waals surface area (Å²) in [5, 5.41) is 0. The molecule has 4 rings (SSSR count). The van der Waals surface area contributed by atoms with E-state index in [1.807, 2.05) is 0 Å². The van der Waals surface area contributed by atoms with E-state index in [9.17, 15) is 0 Å². The number of hydrogen-bond donors (Lipinski definition) is 4. The number of hydrogen-bond acceptors (Lipinski definition) is 4. The SMILES string of the molecule is NC1C=CC(CC2CCC(NNC3CC=C(CC4CCC(N)CC4)CC3)CC2)CC1. The molecule has 0 bridgehead atoms. The fourth-order valence-corrected chi connectivity index (χ4v) is 6.27. The van der Waals surface area contributed by atoms with E-state index in [1.54, 1.807) is 5.57 Å². The van der Waals surface area contributed by atoms with Crippen LogP contribution in [0.3, 0.4) is 0 Å². The maximum atomic E-state index is 6.06. The molecule has 0 radical (unpaired) electrons. The molecule has 0 amide bonds. The van der Waals surface area contributed by atoms with Gasteiger partial charge >= 0.3 is 0 Å². The summed E-state index contributed by atoms with van der Waals surface area (Å²) in [6.45, 7) is 0. The third-order valence-corrected chi connectivity index (χ3v) is 8.42. The molecule has 0 aromatic rings. The lowest BCUT2D eigenvalue weighted by Crippen LogP contribution is -2.48. The van der Waals surface area contributed by atoms with Crippen molar-refractivity contribution in [2.75, 3.05) is 0 Å². The lowest BCUT2D eigenvalue weighted by molar-refractivity contribution is 0.230. The van der Waals surface area contributed by atoms with Gasteiger partial charge in [-0.2, -0.15) is 0 Å². The van der Waals surface area contributed by atoms with Crippen LogP contribution in [0.5, 0.6) is 0 Å². The van der Waals surface area contributed by atoms with Crippen LogP contribution in [0.4, 0.5) is 0 Å². The summed E-state index contributed by atoms with van der Waals surface area (Å²) in [4.78, 5) is 0. The molecule has 3 unspecified atom stereocenters. The molecule has 0 aromatic carbocycles. The lowest BCUT2D eigenvalue weighted by Gasteiger charge is -2.33. The summed E-state index contributed by atoms with van der Waals surface area (Å²) >= 11 is 0. The molecule has 170 valence electrons. The van der Waals surface area contributed by atoms with Crippen molar-refractivity contribution in [1.29, 1.82) is 0 Å². The quantitative estimate of drug-likeness (QED) is 0.359. The van der Waals surface area contributed by atoms with E-state index in [1.165, 1.54) is 96.3 Å². The minimum Gasteiger partial charge on any atom is -0.328 e. The maximum Gasteiger partial charge on any atom is 0.0250 e. The number of allylic oxidation sites excluding steroid dienone is 2. The summed E-state index contributed by atoms with van der Waals surface area (Å²) in [6.07, 6.45) is 26.7. The smallest absolute Gasteiger partial charge is 0.0250 e. The Morgan fingerprint density at radius 3 is 2.13 bits per heavy atom. The van der Waals surface area contributed by atoms with Crippen molar-refractivity contribution in [1.82, 2.24) is 10.9 Å². The highest BCUT2D eigenvalue weighted by atomic mass is 15.4. The lowest BCUT2D eigenvalue weighted by atomic mass is 9.78. The fourth-order valence-electron chi connectivity index (χ4n) is 6.27. The first-order chi connectivity index (χ1) is 14.6. The zero-order valence-electron chi connectivity index (χ0n) is 19.0. The van der Waals surface area contributed by atoms with Gasteiger partial charge in [-0.05, 0) is 114 Å². The molecule has 4 aliphatic rings. The molecule has 0 heterocycles. The Labute approximate surface area is 184 Å². The van der Waals surface area contributed by atoms with Crippen LogP contribution in [0.25, 0.3) is 0 Å². The first-order valence-corrected chi connectivity index (χ1v) is 13.0. The first kappa shape index (κ1) is 22.5.